The van der Waals surface area contributed by atoms with Crippen molar-refractivity contribution in [3.8, 4) is 16.1 Å². The van der Waals surface area contributed by atoms with E-state index in [1.165, 1.54) is 17.4 Å². The molecule has 0 radical (unpaired) electrons. The minimum Gasteiger partial charge on any atom is -0.368 e. The number of urea groups is 1. The number of hydrogen-bond acceptors (Lipinski definition) is 3. The maximum atomic E-state index is 13.1. The van der Waals surface area contributed by atoms with Gasteiger partial charge in [0.2, 0.25) is 0 Å². The molecule has 2 aromatic carbocycles. The highest BCUT2D eigenvalue weighted by Crippen LogP contribution is 2.38. The third-order valence-corrected chi connectivity index (χ3v) is 7.07. The Labute approximate surface area is 205 Å². The van der Waals surface area contributed by atoms with Gasteiger partial charge in [0.1, 0.15) is 5.00 Å². The predicted octanol–water partition coefficient (Wildman–Crippen LogP) is 6.58. The van der Waals surface area contributed by atoms with Gasteiger partial charge in [-0.2, -0.15) is 13.2 Å². The quantitative estimate of drug-likeness (QED) is 0.347. The van der Waals surface area contributed by atoms with Crippen molar-refractivity contribution in [3.63, 3.8) is 0 Å². The lowest BCUT2D eigenvalue weighted by molar-refractivity contribution is -0.137. The molecule has 1 fully saturated rings. The molecule has 2 amide bonds. The van der Waals surface area contributed by atoms with E-state index < -0.39 is 11.7 Å². The third kappa shape index (κ3) is 5.05. The summed E-state index contributed by atoms with van der Waals surface area (Å²) < 4.78 is 41.2. The Hall–Kier alpha value is -3.72. The summed E-state index contributed by atoms with van der Waals surface area (Å²) in [5, 5.41) is 3.80. The van der Waals surface area contributed by atoms with E-state index in [1.807, 2.05) is 64.3 Å². The van der Waals surface area contributed by atoms with Crippen LogP contribution in [0.4, 0.5) is 28.7 Å². The number of aromatic nitrogens is 1. The van der Waals surface area contributed by atoms with Gasteiger partial charge >= 0.3 is 12.2 Å². The number of halogens is 3. The molecule has 0 spiro atoms. The van der Waals surface area contributed by atoms with Gasteiger partial charge in [0.15, 0.2) is 0 Å². The summed E-state index contributed by atoms with van der Waals surface area (Å²) in [6.07, 6.45) is -0.519. The van der Waals surface area contributed by atoms with Gasteiger partial charge in [0.05, 0.1) is 11.3 Å². The number of thiophene rings is 1. The first-order valence-electron chi connectivity index (χ1n) is 11.2. The highest BCUT2D eigenvalue weighted by atomic mass is 32.1. The maximum Gasteiger partial charge on any atom is 0.416 e. The van der Waals surface area contributed by atoms with Crippen LogP contribution in [0.2, 0.25) is 0 Å². The second-order valence-electron chi connectivity index (χ2n) is 8.23. The number of carbonyl (C=O) groups is 1. The molecule has 1 aliphatic heterocycles. The van der Waals surface area contributed by atoms with Crippen LogP contribution in [-0.4, -0.2) is 41.7 Å². The Morgan fingerprint density at radius 3 is 2.26 bits per heavy atom. The normalized spacial score (nSPS) is 14.3. The maximum absolute atomic E-state index is 13.1. The zero-order valence-corrected chi connectivity index (χ0v) is 19.5. The van der Waals surface area contributed by atoms with Gasteiger partial charge in [-0.05, 0) is 42.0 Å². The Kier molecular flexibility index (Phi) is 6.25. The van der Waals surface area contributed by atoms with Gasteiger partial charge in [-0.3, -0.25) is 5.32 Å². The molecule has 35 heavy (non-hydrogen) atoms. The van der Waals surface area contributed by atoms with Crippen molar-refractivity contribution in [2.45, 2.75) is 6.18 Å². The van der Waals surface area contributed by atoms with Crippen LogP contribution in [-0.2, 0) is 6.18 Å². The molecule has 2 aromatic heterocycles. The number of piperazine rings is 1. The number of amides is 2. The minimum absolute atomic E-state index is 0.219. The number of hydrogen-bond donors (Lipinski definition) is 1. The molecule has 0 saturated carbocycles. The average Bonchev–Trinajstić information content (AvgIpc) is 3.54. The molecule has 9 heteroatoms. The molecular formula is C26H23F3N4OS. The number of alkyl halides is 3. The van der Waals surface area contributed by atoms with Crippen molar-refractivity contribution in [2.24, 2.45) is 0 Å². The Balaban J connectivity index is 1.29. The zero-order chi connectivity index (χ0) is 24.4. The van der Waals surface area contributed by atoms with Gasteiger partial charge in [0.25, 0.3) is 0 Å². The van der Waals surface area contributed by atoms with Crippen LogP contribution in [0.5, 0.6) is 0 Å². The lowest BCUT2D eigenvalue weighted by Crippen LogP contribution is -2.50. The number of carbonyl (C=O) groups excluding carboxylic acids is 1. The number of benzene rings is 2. The Morgan fingerprint density at radius 1 is 0.857 bits per heavy atom. The summed E-state index contributed by atoms with van der Waals surface area (Å²) in [4.78, 5) is 17.7. The van der Waals surface area contributed by atoms with Crippen molar-refractivity contribution in [3.05, 3.63) is 90.8 Å². The van der Waals surface area contributed by atoms with Gasteiger partial charge in [-0.25, -0.2) is 4.79 Å². The molecule has 0 unspecified atom stereocenters. The van der Waals surface area contributed by atoms with Crippen LogP contribution >= 0.6 is 11.3 Å². The number of rotatable bonds is 4. The second-order valence-corrected chi connectivity index (χ2v) is 9.29. The monoisotopic (exact) mass is 496 g/mol. The van der Waals surface area contributed by atoms with E-state index >= 15 is 0 Å². The largest absolute Gasteiger partial charge is 0.416 e. The van der Waals surface area contributed by atoms with Crippen molar-refractivity contribution in [2.75, 3.05) is 36.4 Å². The molecule has 0 bridgehead atoms. The fourth-order valence-electron chi connectivity index (χ4n) is 4.13. The molecule has 0 atom stereocenters. The molecule has 1 saturated heterocycles. The van der Waals surface area contributed by atoms with E-state index in [1.54, 1.807) is 11.0 Å². The van der Waals surface area contributed by atoms with Gasteiger partial charge in [-0.1, -0.05) is 36.4 Å². The van der Waals surface area contributed by atoms with Crippen molar-refractivity contribution in [1.82, 2.24) is 9.47 Å². The molecule has 0 aliphatic carbocycles. The molecule has 5 nitrogen and oxygen atoms in total. The lowest BCUT2D eigenvalue weighted by Gasteiger charge is -2.36. The van der Waals surface area contributed by atoms with E-state index in [9.17, 15) is 18.0 Å². The highest BCUT2D eigenvalue weighted by molar-refractivity contribution is 7.20. The fourth-order valence-corrected chi connectivity index (χ4v) is 5.18. The Morgan fingerprint density at radius 2 is 1.57 bits per heavy atom. The summed E-state index contributed by atoms with van der Waals surface area (Å²) in [6.45, 7) is 1.74. The first-order chi connectivity index (χ1) is 16.9. The summed E-state index contributed by atoms with van der Waals surface area (Å²) in [7, 11) is 0. The molecule has 180 valence electrons. The molecule has 1 aliphatic rings. The average molecular weight is 497 g/mol. The standard InChI is InChI=1S/C26H23F3N4OS/c27-26(28,29)20-9-6-10-21(17-20)31-13-15-33(16-14-31)25(34)30-24-22(32-11-4-5-12-32)18-23(35-24)19-7-2-1-3-8-19/h1-12,17-18H,13-16H2,(H,30,34). The van der Waals surface area contributed by atoms with E-state index in [4.69, 9.17) is 0 Å². The minimum atomic E-state index is -4.38. The van der Waals surface area contributed by atoms with E-state index in [2.05, 4.69) is 11.4 Å². The summed E-state index contributed by atoms with van der Waals surface area (Å²) in [6, 6.07) is 21.0. The fraction of sp³-hybridized carbons (Fsp3) is 0.192. The first kappa shape index (κ1) is 23.0. The van der Waals surface area contributed by atoms with Crippen LogP contribution in [0.1, 0.15) is 5.56 Å². The molecule has 3 heterocycles. The molecule has 4 aromatic rings. The number of anilines is 2. The number of nitrogens with zero attached hydrogens (tertiary/aromatic N) is 3. The van der Waals surface area contributed by atoms with Gasteiger partial charge < -0.3 is 14.4 Å². The van der Waals surface area contributed by atoms with Gasteiger partial charge in [-0.15, -0.1) is 11.3 Å². The van der Waals surface area contributed by atoms with Crippen molar-refractivity contribution >= 4 is 28.1 Å². The van der Waals surface area contributed by atoms with Crippen LogP contribution in [0.15, 0.2) is 85.2 Å². The summed E-state index contributed by atoms with van der Waals surface area (Å²) in [5.74, 6) is 0. The third-order valence-electron chi connectivity index (χ3n) is 5.98. The smallest absolute Gasteiger partial charge is 0.368 e. The van der Waals surface area contributed by atoms with Crippen LogP contribution in [0, 0.1) is 0 Å². The topological polar surface area (TPSA) is 40.5 Å². The molecular weight excluding hydrogens is 473 g/mol. The lowest BCUT2D eigenvalue weighted by atomic mass is 10.1. The van der Waals surface area contributed by atoms with Crippen LogP contribution in [0.3, 0.4) is 0 Å². The zero-order valence-electron chi connectivity index (χ0n) is 18.7. The van der Waals surface area contributed by atoms with Crippen LogP contribution in [0.25, 0.3) is 16.1 Å². The van der Waals surface area contributed by atoms with Crippen molar-refractivity contribution in [1.29, 1.82) is 0 Å². The summed E-state index contributed by atoms with van der Waals surface area (Å²) in [5.41, 5.74) is 1.80. The van der Waals surface area contributed by atoms with Crippen LogP contribution < -0.4 is 10.2 Å². The van der Waals surface area contributed by atoms with E-state index in [-0.39, 0.29) is 6.03 Å². The Bertz CT molecular complexity index is 1290. The van der Waals surface area contributed by atoms with Gasteiger partial charge in [0, 0.05) is 49.1 Å². The van der Waals surface area contributed by atoms with E-state index in [0.717, 1.165) is 33.3 Å². The second kappa shape index (κ2) is 9.50. The predicted molar refractivity (Wildman–Crippen MR) is 133 cm³/mol. The molecule has 1 N–H and O–H groups in total. The summed E-state index contributed by atoms with van der Waals surface area (Å²) >= 11 is 1.51. The molecule has 5 rings (SSSR count). The number of nitrogens with one attached hydrogen (secondary N) is 1. The SMILES string of the molecule is O=C(Nc1sc(-c2ccccc2)cc1-n1cccc1)N1CCN(c2cccc(C(F)(F)F)c2)CC1. The van der Waals surface area contributed by atoms with Crippen molar-refractivity contribution < 1.29 is 18.0 Å². The highest BCUT2D eigenvalue weighted by Gasteiger charge is 2.31. The van der Waals surface area contributed by atoms with E-state index in [0.29, 0.717) is 31.9 Å². The first-order valence-corrected chi connectivity index (χ1v) is 12.0.